The van der Waals surface area contributed by atoms with Gasteiger partial charge in [0.15, 0.2) is 0 Å². The third-order valence-corrected chi connectivity index (χ3v) is 3.55. The molecule has 1 heterocycles. The van der Waals surface area contributed by atoms with E-state index in [0.29, 0.717) is 22.0 Å². The number of carboxylic acid groups (broad SMARTS) is 1. The molecule has 2 aromatic carbocycles. The van der Waals surface area contributed by atoms with Gasteiger partial charge in [-0.2, -0.15) is 0 Å². The van der Waals surface area contributed by atoms with Gasteiger partial charge in [0.2, 0.25) is 0 Å². The second-order valence-electron chi connectivity index (χ2n) is 4.97. The van der Waals surface area contributed by atoms with E-state index in [1.165, 1.54) is 18.2 Å². The molecule has 6 heteroatoms. The van der Waals surface area contributed by atoms with Crippen LogP contribution in [-0.4, -0.2) is 27.1 Å². The molecule has 0 aliphatic heterocycles. The van der Waals surface area contributed by atoms with Crippen molar-refractivity contribution in [2.75, 3.05) is 0 Å². The minimum atomic E-state index is -1.08. The maximum atomic E-state index is 11.8. The number of amides is 1. The Morgan fingerprint density at radius 2 is 1.87 bits per heavy atom. The van der Waals surface area contributed by atoms with Crippen molar-refractivity contribution in [1.82, 2.24) is 4.98 Å². The Morgan fingerprint density at radius 1 is 1.09 bits per heavy atom. The molecule has 0 aliphatic rings. The predicted octanol–water partition coefficient (Wildman–Crippen LogP) is 2.40. The molecule has 0 atom stereocenters. The first-order valence-corrected chi connectivity index (χ1v) is 6.73. The first-order chi connectivity index (χ1) is 11.0. The number of nitrogens with two attached hydrogens (primary N) is 1. The number of nitrogens with zero attached hydrogens (tertiary/aromatic N) is 1. The van der Waals surface area contributed by atoms with E-state index < -0.39 is 11.9 Å². The number of rotatable bonds is 3. The van der Waals surface area contributed by atoms with Crippen LogP contribution in [-0.2, 0) is 0 Å². The molecular weight excluding hydrogens is 296 g/mol. The molecule has 1 aromatic heterocycles. The van der Waals surface area contributed by atoms with E-state index in [2.05, 4.69) is 4.98 Å². The number of carbonyl (C=O) groups excluding carboxylic acids is 1. The van der Waals surface area contributed by atoms with Crippen molar-refractivity contribution in [1.29, 1.82) is 0 Å². The van der Waals surface area contributed by atoms with Crippen LogP contribution >= 0.6 is 0 Å². The van der Waals surface area contributed by atoms with E-state index in [1.807, 2.05) is 0 Å². The van der Waals surface area contributed by atoms with Crippen LogP contribution in [0.4, 0.5) is 0 Å². The Balaban J connectivity index is 2.39. The molecule has 23 heavy (non-hydrogen) atoms. The quantitative estimate of drug-likeness (QED) is 0.687. The molecule has 0 unspecified atom stereocenters. The highest BCUT2D eigenvalue weighted by Gasteiger charge is 2.19. The molecule has 0 spiro atoms. The summed E-state index contributed by atoms with van der Waals surface area (Å²) in [5, 5.41) is 20.4. The molecule has 0 saturated heterocycles. The smallest absolute Gasteiger partial charge is 0.335 e. The molecule has 6 nitrogen and oxygen atoms in total. The summed E-state index contributed by atoms with van der Waals surface area (Å²) >= 11 is 0. The molecular formula is C17H12N2O4. The van der Waals surface area contributed by atoms with Gasteiger partial charge in [-0.25, -0.2) is 4.79 Å². The van der Waals surface area contributed by atoms with Gasteiger partial charge in [-0.3, -0.25) is 9.78 Å². The van der Waals surface area contributed by atoms with Crippen LogP contribution in [0.2, 0.25) is 0 Å². The Morgan fingerprint density at radius 3 is 2.48 bits per heavy atom. The van der Waals surface area contributed by atoms with Crippen LogP contribution in [0.15, 0.2) is 48.7 Å². The van der Waals surface area contributed by atoms with Gasteiger partial charge in [0.25, 0.3) is 5.91 Å². The number of carbonyl (C=O) groups is 2. The lowest BCUT2D eigenvalue weighted by Crippen LogP contribution is -2.12. The summed E-state index contributed by atoms with van der Waals surface area (Å²) in [5.41, 5.74) is 6.18. The van der Waals surface area contributed by atoms with Gasteiger partial charge in [-0.1, -0.05) is 12.1 Å². The maximum absolute atomic E-state index is 11.8. The lowest BCUT2D eigenvalue weighted by atomic mass is 9.95. The number of aromatic nitrogens is 1. The Kier molecular flexibility index (Phi) is 3.42. The number of carboxylic acids is 1. The van der Waals surface area contributed by atoms with Crippen molar-refractivity contribution in [2.24, 2.45) is 5.73 Å². The summed E-state index contributed by atoms with van der Waals surface area (Å²) in [6, 6.07) is 11.0. The standard InChI is InChI=1S/C17H12N2O4/c18-16(21)14-11-5-4-9(17(22)23)7-10(11)8-12(15(14)20)13-3-1-2-6-19-13/h1-8,20H,(H2,18,21)(H,22,23). The van der Waals surface area contributed by atoms with Crippen molar-refractivity contribution in [3.8, 4) is 17.0 Å². The molecule has 114 valence electrons. The molecule has 0 bridgehead atoms. The van der Waals surface area contributed by atoms with Crippen molar-refractivity contribution >= 4 is 22.6 Å². The Bertz CT molecular complexity index is 936. The second-order valence-corrected chi connectivity index (χ2v) is 4.97. The molecule has 3 aromatic rings. The zero-order chi connectivity index (χ0) is 16.6. The summed E-state index contributed by atoms with van der Waals surface area (Å²) in [6.07, 6.45) is 1.55. The van der Waals surface area contributed by atoms with Crippen LogP contribution in [0, 0.1) is 0 Å². The summed E-state index contributed by atoms with van der Waals surface area (Å²) in [6.45, 7) is 0. The largest absolute Gasteiger partial charge is 0.506 e. The van der Waals surface area contributed by atoms with E-state index in [0.717, 1.165) is 0 Å². The minimum absolute atomic E-state index is 0.0555. The molecule has 0 fully saturated rings. The normalized spacial score (nSPS) is 10.6. The van der Waals surface area contributed by atoms with Crippen molar-refractivity contribution < 1.29 is 19.8 Å². The monoisotopic (exact) mass is 308 g/mol. The van der Waals surface area contributed by atoms with E-state index in [-0.39, 0.29) is 16.9 Å². The van der Waals surface area contributed by atoms with E-state index in [9.17, 15) is 14.7 Å². The number of phenols is 1. The summed E-state index contributed by atoms with van der Waals surface area (Å²) in [5.74, 6) is -2.15. The number of aromatic hydroxyl groups is 1. The summed E-state index contributed by atoms with van der Waals surface area (Å²) in [7, 11) is 0. The van der Waals surface area contributed by atoms with Gasteiger partial charge in [-0.05, 0) is 41.1 Å². The number of hydrogen-bond donors (Lipinski definition) is 3. The lowest BCUT2D eigenvalue weighted by molar-refractivity contribution is 0.0697. The third-order valence-electron chi connectivity index (χ3n) is 3.55. The molecule has 4 N–H and O–H groups in total. The number of fused-ring (bicyclic) bond motifs is 1. The van der Waals surface area contributed by atoms with Crippen molar-refractivity contribution in [2.45, 2.75) is 0 Å². The third kappa shape index (κ3) is 2.46. The average molecular weight is 308 g/mol. The van der Waals surface area contributed by atoms with Gasteiger partial charge >= 0.3 is 5.97 Å². The van der Waals surface area contributed by atoms with Crippen LogP contribution < -0.4 is 5.73 Å². The van der Waals surface area contributed by atoms with E-state index in [1.54, 1.807) is 30.5 Å². The second kappa shape index (κ2) is 5.42. The Labute approximate surface area is 130 Å². The van der Waals surface area contributed by atoms with Crippen molar-refractivity contribution in [3.63, 3.8) is 0 Å². The summed E-state index contributed by atoms with van der Waals surface area (Å²) in [4.78, 5) is 27.0. The fourth-order valence-electron chi connectivity index (χ4n) is 2.50. The van der Waals surface area contributed by atoms with Crippen LogP contribution in [0.5, 0.6) is 5.75 Å². The van der Waals surface area contributed by atoms with Crippen molar-refractivity contribution in [3.05, 3.63) is 59.8 Å². The highest BCUT2D eigenvalue weighted by Crippen LogP contribution is 2.37. The zero-order valence-corrected chi connectivity index (χ0v) is 11.9. The van der Waals surface area contributed by atoms with Gasteiger partial charge in [0, 0.05) is 11.8 Å². The fourth-order valence-corrected chi connectivity index (χ4v) is 2.50. The molecule has 0 saturated carbocycles. The van der Waals surface area contributed by atoms with Crippen LogP contribution in [0.25, 0.3) is 22.0 Å². The molecule has 1 amide bonds. The highest BCUT2D eigenvalue weighted by atomic mass is 16.4. The maximum Gasteiger partial charge on any atom is 0.335 e. The molecule has 0 aliphatic carbocycles. The Hall–Kier alpha value is -3.41. The van der Waals surface area contributed by atoms with Crippen LogP contribution in [0.1, 0.15) is 20.7 Å². The number of pyridine rings is 1. The highest BCUT2D eigenvalue weighted by molar-refractivity contribution is 6.12. The summed E-state index contributed by atoms with van der Waals surface area (Å²) < 4.78 is 0. The average Bonchev–Trinajstić information content (AvgIpc) is 2.54. The topological polar surface area (TPSA) is 114 Å². The van der Waals surface area contributed by atoms with Gasteiger partial charge in [0.1, 0.15) is 5.75 Å². The van der Waals surface area contributed by atoms with E-state index in [4.69, 9.17) is 10.8 Å². The first-order valence-electron chi connectivity index (χ1n) is 6.73. The number of primary amides is 1. The van der Waals surface area contributed by atoms with Gasteiger partial charge in [0.05, 0.1) is 16.8 Å². The number of hydrogen-bond acceptors (Lipinski definition) is 4. The van der Waals surface area contributed by atoms with E-state index >= 15 is 0 Å². The fraction of sp³-hybridized carbons (Fsp3) is 0. The van der Waals surface area contributed by atoms with Crippen LogP contribution in [0.3, 0.4) is 0 Å². The van der Waals surface area contributed by atoms with Gasteiger partial charge < -0.3 is 15.9 Å². The van der Waals surface area contributed by atoms with Gasteiger partial charge in [-0.15, -0.1) is 0 Å². The SMILES string of the molecule is NC(=O)c1c(O)c(-c2ccccn2)cc2cc(C(=O)O)ccc12. The molecule has 3 rings (SSSR count). The first kappa shape index (κ1) is 14.5. The number of benzene rings is 2. The predicted molar refractivity (Wildman–Crippen MR) is 84.3 cm³/mol. The zero-order valence-electron chi connectivity index (χ0n) is 11.9. The minimum Gasteiger partial charge on any atom is -0.506 e. The number of aromatic carboxylic acids is 1. The molecule has 0 radical (unpaired) electrons. The lowest BCUT2D eigenvalue weighted by Gasteiger charge is -2.12.